The summed E-state index contributed by atoms with van der Waals surface area (Å²) in [5, 5.41) is 19.3. The highest BCUT2D eigenvalue weighted by Gasteiger charge is 2.06. The van der Waals surface area contributed by atoms with Gasteiger partial charge in [-0.2, -0.15) is 0 Å². The second-order valence-electron chi connectivity index (χ2n) is 4.42. The second-order valence-corrected chi connectivity index (χ2v) is 4.42. The lowest BCUT2D eigenvalue weighted by Crippen LogP contribution is -1.93. The number of aryl methyl sites for hydroxylation is 2. The molecular weight excluding hydrogens is 212 g/mol. The van der Waals surface area contributed by atoms with E-state index < -0.39 is 0 Å². The van der Waals surface area contributed by atoms with Crippen molar-refractivity contribution in [3.63, 3.8) is 0 Å². The van der Waals surface area contributed by atoms with Gasteiger partial charge in [0.1, 0.15) is 11.5 Å². The van der Waals surface area contributed by atoms with Crippen molar-refractivity contribution in [2.45, 2.75) is 20.3 Å². The van der Waals surface area contributed by atoms with Crippen molar-refractivity contribution < 1.29 is 10.2 Å². The van der Waals surface area contributed by atoms with Gasteiger partial charge in [0, 0.05) is 6.42 Å². The van der Waals surface area contributed by atoms with Gasteiger partial charge in [0.2, 0.25) is 0 Å². The summed E-state index contributed by atoms with van der Waals surface area (Å²) in [5.41, 5.74) is 4.16. The molecule has 0 aliphatic carbocycles. The van der Waals surface area contributed by atoms with Crippen molar-refractivity contribution in [3.8, 4) is 11.5 Å². The van der Waals surface area contributed by atoms with E-state index >= 15 is 0 Å². The highest BCUT2D eigenvalue weighted by Crippen LogP contribution is 2.25. The van der Waals surface area contributed by atoms with Crippen molar-refractivity contribution in [2.75, 3.05) is 0 Å². The Labute approximate surface area is 101 Å². The molecule has 0 saturated heterocycles. The van der Waals surface area contributed by atoms with E-state index in [0.717, 1.165) is 22.3 Å². The smallest absolute Gasteiger partial charge is 0.119 e. The fourth-order valence-electron chi connectivity index (χ4n) is 1.91. The van der Waals surface area contributed by atoms with Crippen LogP contribution in [-0.4, -0.2) is 10.2 Å². The molecule has 2 aromatic carbocycles. The molecule has 2 aromatic rings. The number of phenolic OH excluding ortho intramolecular Hbond substituents is 2. The minimum absolute atomic E-state index is 0.262. The molecule has 2 rings (SSSR count). The third-order valence-electron chi connectivity index (χ3n) is 2.95. The van der Waals surface area contributed by atoms with Gasteiger partial charge in [-0.25, -0.2) is 0 Å². The Morgan fingerprint density at radius 3 is 2.41 bits per heavy atom. The third-order valence-corrected chi connectivity index (χ3v) is 2.95. The minimum atomic E-state index is 0.262. The molecule has 0 saturated carbocycles. The van der Waals surface area contributed by atoms with Crippen LogP contribution in [0.15, 0.2) is 36.4 Å². The Morgan fingerprint density at radius 2 is 1.65 bits per heavy atom. The molecule has 2 heteroatoms. The fourth-order valence-corrected chi connectivity index (χ4v) is 1.91. The number of phenols is 2. The van der Waals surface area contributed by atoms with E-state index in [1.807, 2.05) is 32.0 Å². The van der Waals surface area contributed by atoms with E-state index in [1.54, 1.807) is 18.2 Å². The average molecular weight is 228 g/mol. The largest absolute Gasteiger partial charge is 0.508 e. The zero-order valence-corrected chi connectivity index (χ0v) is 10.1. The van der Waals surface area contributed by atoms with Crippen LogP contribution in [0.3, 0.4) is 0 Å². The number of hydrogen-bond acceptors (Lipinski definition) is 2. The molecule has 0 bridgehead atoms. The summed E-state index contributed by atoms with van der Waals surface area (Å²) in [6.45, 7) is 4.00. The maximum atomic E-state index is 9.79. The van der Waals surface area contributed by atoms with E-state index in [1.165, 1.54) is 0 Å². The maximum Gasteiger partial charge on any atom is 0.119 e. The molecule has 0 unspecified atom stereocenters. The first-order valence-corrected chi connectivity index (χ1v) is 5.63. The van der Waals surface area contributed by atoms with Crippen molar-refractivity contribution >= 4 is 0 Å². The van der Waals surface area contributed by atoms with Crippen molar-refractivity contribution in [3.05, 3.63) is 58.7 Å². The number of hydrogen-bond donors (Lipinski definition) is 2. The summed E-state index contributed by atoms with van der Waals surface area (Å²) >= 11 is 0. The van der Waals surface area contributed by atoms with Crippen LogP contribution >= 0.6 is 0 Å². The second kappa shape index (κ2) is 4.50. The summed E-state index contributed by atoms with van der Waals surface area (Å²) in [4.78, 5) is 0. The molecule has 2 N–H and O–H groups in total. The molecule has 0 atom stereocenters. The van der Waals surface area contributed by atoms with Gasteiger partial charge >= 0.3 is 0 Å². The quantitative estimate of drug-likeness (QED) is 0.828. The molecule has 0 heterocycles. The number of aromatic hydroxyl groups is 2. The highest BCUT2D eigenvalue weighted by molar-refractivity contribution is 5.43. The van der Waals surface area contributed by atoms with Gasteiger partial charge < -0.3 is 10.2 Å². The van der Waals surface area contributed by atoms with E-state index in [4.69, 9.17) is 0 Å². The maximum absolute atomic E-state index is 9.79. The van der Waals surface area contributed by atoms with Crippen LogP contribution in [0.1, 0.15) is 22.3 Å². The topological polar surface area (TPSA) is 40.5 Å². The van der Waals surface area contributed by atoms with E-state index in [0.29, 0.717) is 12.2 Å². The van der Waals surface area contributed by atoms with Gasteiger partial charge in [0.15, 0.2) is 0 Å². The Hall–Kier alpha value is -1.96. The third kappa shape index (κ3) is 2.59. The molecule has 0 radical (unpaired) electrons. The summed E-state index contributed by atoms with van der Waals surface area (Å²) in [7, 11) is 0. The van der Waals surface area contributed by atoms with E-state index in [-0.39, 0.29) is 5.75 Å². The zero-order chi connectivity index (χ0) is 12.4. The standard InChI is InChI=1S/C15H16O2/c1-10-3-6-15(17)13(7-10)8-12-9-14(16)5-4-11(12)2/h3-7,9,16-17H,8H2,1-2H3. The first-order chi connectivity index (χ1) is 8.06. The van der Waals surface area contributed by atoms with Crippen molar-refractivity contribution in [1.82, 2.24) is 0 Å². The monoisotopic (exact) mass is 228 g/mol. The molecule has 2 nitrogen and oxygen atoms in total. The van der Waals surface area contributed by atoms with E-state index in [9.17, 15) is 10.2 Å². The van der Waals surface area contributed by atoms with Crippen LogP contribution < -0.4 is 0 Å². The molecule has 0 aliphatic rings. The van der Waals surface area contributed by atoms with Crippen LogP contribution in [0, 0.1) is 13.8 Å². The Morgan fingerprint density at radius 1 is 0.882 bits per heavy atom. The van der Waals surface area contributed by atoms with Crippen LogP contribution in [0.5, 0.6) is 11.5 Å². The minimum Gasteiger partial charge on any atom is -0.508 e. The van der Waals surface area contributed by atoms with Crippen LogP contribution in [-0.2, 0) is 6.42 Å². The average Bonchev–Trinajstić information content (AvgIpc) is 2.28. The lowest BCUT2D eigenvalue weighted by atomic mass is 9.98. The first kappa shape index (κ1) is 11.5. The first-order valence-electron chi connectivity index (χ1n) is 5.63. The molecule has 0 fully saturated rings. The van der Waals surface area contributed by atoms with Gasteiger partial charge in [-0.3, -0.25) is 0 Å². The molecule has 17 heavy (non-hydrogen) atoms. The summed E-state index contributed by atoms with van der Waals surface area (Å²) in [6.07, 6.45) is 0.633. The summed E-state index contributed by atoms with van der Waals surface area (Å²) in [6, 6.07) is 10.9. The Balaban J connectivity index is 2.37. The van der Waals surface area contributed by atoms with E-state index in [2.05, 4.69) is 0 Å². The number of benzene rings is 2. The van der Waals surface area contributed by atoms with Crippen molar-refractivity contribution in [1.29, 1.82) is 0 Å². The van der Waals surface area contributed by atoms with Crippen molar-refractivity contribution in [2.24, 2.45) is 0 Å². The summed E-state index contributed by atoms with van der Waals surface area (Å²) < 4.78 is 0. The number of rotatable bonds is 2. The van der Waals surface area contributed by atoms with Crippen LogP contribution in [0.25, 0.3) is 0 Å². The molecule has 0 aliphatic heterocycles. The van der Waals surface area contributed by atoms with Crippen LogP contribution in [0.4, 0.5) is 0 Å². The van der Waals surface area contributed by atoms with Gasteiger partial charge in [0.05, 0.1) is 0 Å². The Kier molecular flexibility index (Phi) is 3.05. The lowest BCUT2D eigenvalue weighted by Gasteiger charge is -2.09. The van der Waals surface area contributed by atoms with Gasteiger partial charge in [-0.1, -0.05) is 23.8 Å². The summed E-state index contributed by atoms with van der Waals surface area (Å²) in [5.74, 6) is 0.566. The van der Waals surface area contributed by atoms with Gasteiger partial charge in [0.25, 0.3) is 0 Å². The molecule has 0 amide bonds. The lowest BCUT2D eigenvalue weighted by molar-refractivity contribution is 0.468. The predicted octanol–water partition coefficient (Wildman–Crippen LogP) is 3.31. The van der Waals surface area contributed by atoms with Crippen LogP contribution in [0.2, 0.25) is 0 Å². The predicted molar refractivity (Wildman–Crippen MR) is 68.5 cm³/mol. The molecule has 0 aromatic heterocycles. The molecule has 88 valence electrons. The van der Waals surface area contributed by atoms with Gasteiger partial charge in [-0.15, -0.1) is 0 Å². The zero-order valence-electron chi connectivity index (χ0n) is 10.1. The Bertz CT molecular complexity index is 495. The normalized spacial score (nSPS) is 10.5. The highest BCUT2D eigenvalue weighted by atomic mass is 16.3. The molecular formula is C15H16O2. The molecule has 0 spiro atoms. The fraction of sp³-hybridized carbons (Fsp3) is 0.200. The SMILES string of the molecule is Cc1ccc(O)c(Cc2cc(O)ccc2C)c1. The van der Waals surface area contributed by atoms with Gasteiger partial charge in [-0.05, 0) is 48.7 Å².